The van der Waals surface area contributed by atoms with Crippen LogP contribution in [0.1, 0.15) is 12.0 Å². The lowest BCUT2D eigenvalue weighted by Gasteiger charge is -2.09. The molecule has 1 heterocycles. The maximum Gasteiger partial charge on any atom is 0.203 e. The highest BCUT2D eigenvalue weighted by molar-refractivity contribution is 5.28. The van der Waals surface area contributed by atoms with Gasteiger partial charge in [0.25, 0.3) is 0 Å². The van der Waals surface area contributed by atoms with Crippen molar-refractivity contribution in [2.45, 2.75) is 19.5 Å². The predicted molar refractivity (Wildman–Crippen MR) is 72.5 cm³/mol. The third kappa shape index (κ3) is 3.60. The lowest BCUT2D eigenvalue weighted by Crippen LogP contribution is -2.08. The van der Waals surface area contributed by atoms with Crippen LogP contribution in [0.3, 0.4) is 0 Å². The predicted octanol–water partition coefficient (Wildman–Crippen LogP) is 2.53. The Kier molecular flexibility index (Phi) is 4.78. The van der Waals surface area contributed by atoms with E-state index in [2.05, 4.69) is 27.0 Å². The highest BCUT2D eigenvalue weighted by Crippen LogP contribution is 2.08. The summed E-state index contributed by atoms with van der Waals surface area (Å²) in [5.74, 6) is 0.912. The Hall–Kier alpha value is -1.81. The summed E-state index contributed by atoms with van der Waals surface area (Å²) in [5, 5.41) is 3.35. The smallest absolute Gasteiger partial charge is 0.203 e. The van der Waals surface area contributed by atoms with Crippen molar-refractivity contribution in [1.29, 1.82) is 0 Å². The fourth-order valence-electron chi connectivity index (χ4n) is 1.81. The number of hydrogen-bond acceptors (Lipinski definition) is 3. The number of nitrogens with one attached hydrogen (secondary N) is 1. The van der Waals surface area contributed by atoms with Crippen LogP contribution in [0.5, 0.6) is 0 Å². The zero-order valence-corrected chi connectivity index (χ0v) is 10.7. The van der Waals surface area contributed by atoms with Crippen molar-refractivity contribution in [3.8, 4) is 0 Å². The summed E-state index contributed by atoms with van der Waals surface area (Å²) < 4.78 is 7.17. The van der Waals surface area contributed by atoms with E-state index in [9.17, 15) is 0 Å². The molecule has 18 heavy (non-hydrogen) atoms. The molecule has 0 radical (unpaired) electrons. The highest BCUT2D eigenvalue weighted by atomic mass is 16.5. The number of imidazole rings is 1. The Morgan fingerprint density at radius 3 is 2.89 bits per heavy atom. The van der Waals surface area contributed by atoms with Gasteiger partial charge in [-0.25, -0.2) is 4.98 Å². The number of benzene rings is 1. The number of hydrogen-bond donors (Lipinski definition) is 1. The van der Waals surface area contributed by atoms with Crippen LogP contribution in [0.25, 0.3) is 0 Å². The maximum atomic E-state index is 5.06. The Morgan fingerprint density at radius 1 is 1.28 bits per heavy atom. The van der Waals surface area contributed by atoms with Crippen molar-refractivity contribution in [3.63, 3.8) is 0 Å². The van der Waals surface area contributed by atoms with Crippen molar-refractivity contribution in [2.75, 3.05) is 19.0 Å². The molecule has 0 aliphatic carbocycles. The van der Waals surface area contributed by atoms with Gasteiger partial charge in [-0.15, -0.1) is 0 Å². The topological polar surface area (TPSA) is 39.1 Å². The highest BCUT2D eigenvalue weighted by Gasteiger charge is 2.01. The van der Waals surface area contributed by atoms with E-state index in [1.165, 1.54) is 5.56 Å². The first-order chi connectivity index (χ1) is 8.90. The quantitative estimate of drug-likeness (QED) is 0.762. The van der Waals surface area contributed by atoms with E-state index >= 15 is 0 Å². The van der Waals surface area contributed by atoms with E-state index in [0.29, 0.717) is 0 Å². The average molecular weight is 245 g/mol. The molecule has 0 aliphatic rings. The molecule has 0 atom stereocenters. The van der Waals surface area contributed by atoms with E-state index in [1.54, 1.807) is 7.11 Å². The number of nitrogens with zero attached hydrogens (tertiary/aromatic N) is 2. The van der Waals surface area contributed by atoms with Crippen molar-refractivity contribution >= 4 is 5.95 Å². The van der Waals surface area contributed by atoms with Gasteiger partial charge in [-0.3, -0.25) is 0 Å². The molecule has 1 aromatic carbocycles. The van der Waals surface area contributed by atoms with Gasteiger partial charge in [0.2, 0.25) is 5.95 Å². The molecule has 4 heteroatoms. The summed E-state index contributed by atoms with van der Waals surface area (Å²) in [6.45, 7) is 2.49. The minimum atomic E-state index is 0.774. The molecule has 1 N–H and O–H groups in total. The summed E-state index contributed by atoms with van der Waals surface area (Å²) in [5.41, 5.74) is 1.25. The van der Waals surface area contributed by atoms with Crippen LogP contribution in [0.2, 0.25) is 0 Å². The molecule has 0 amide bonds. The van der Waals surface area contributed by atoms with Crippen LogP contribution in [0.15, 0.2) is 42.7 Å². The van der Waals surface area contributed by atoms with Crippen LogP contribution in [0.4, 0.5) is 5.95 Å². The Balaban J connectivity index is 1.87. The van der Waals surface area contributed by atoms with Crippen LogP contribution in [-0.4, -0.2) is 23.3 Å². The number of rotatable bonds is 7. The number of methoxy groups -OCH3 is 1. The molecule has 4 nitrogen and oxygen atoms in total. The number of anilines is 1. The monoisotopic (exact) mass is 245 g/mol. The molecular weight excluding hydrogens is 226 g/mol. The lowest BCUT2D eigenvalue weighted by atomic mass is 10.2. The second-order valence-electron chi connectivity index (χ2n) is 4.13. The molecule has 0 unspecified atom stereocenters. The van der Waals surface area contributed by atoms with Crippen LogP contribution < -0.4 is 5.32 Å². The first-order valence-corrected chi connectivity index (χ1v) is 6.18. The zero-order valence-electron chi connectivity index (χ0n) is 10.7. The molecule has 2 rings (SSSR count). The summed E-state index contributed by atoms with van der Waals surface area (Å²) in [4.78, 5) is 4.32. The largest absolute Gasteiger partial charge is 0.385 e. The van der Waals surface area contributed by atoms with E-state index in [0.717, 1.165) is 32.1 Å². The van der Waals surface area contributed by atoms with E-state index in [1.807, 2.05) is 30.6 Å². The van der Waals surface area contributed by atoms with Gasteiger partial charge in [0.1, 0.15) is 0 Å². The zero-order chi connectivity index (χ0) is 12.6. The summed E-state index contributed by atoms with van der Waals surface area (Å²) in [6.07, 6.45) is 4.80. The fraction of sp³-hybridized carbons (Fsp3) is 0.357. The Labute approximate surface area is 108 Å². The van der Waals surface area contributed by atoms with Gasteiger partial charge in [0.05, 0.1) is 0 Å². The SMILES string of the molecule is COCCCn1ccnc1NCc1ccccc1. The van der Waals surface area contributed by atoms with Gasteiger partial charge in [0.15, 0.2) is 0 Å². The molecule has 0 bridgehead atoms. The van der Waals surface area contributed by atoms with Crippen molar-refractivity contribution in [3.05, 3.63) is 48.3 Å². The summed E-state index contributed by atoms with van der Waals surface area (Å²) in [7, 11) is 1.72. The molecule has 0 spiro atoms. The van der Waals surface area contributed by atoms with Crippen LogP contribution in [0, 0.1) is 0 Å². The average Bonchev–Trinajstić information content (AvgIpc) is 2.86. The Bertz CT molecular complexity index is 453. The molecule has 0 fully saturated rings. The fourth-order valence-corrected chi connectivity index (χ4v) is 1.81. The third-order valence-corrected chi connectivity index (χ3v) is 2.76. The minimum Gasteiger partial charge on any atom is -0.385 e. The Morgan fingerprint density at radius 2 is 2.11 bits per heavy atom. The molecule has 1 aromatic heterocycles. The number of ether oxygens (including phenoxy) is 1. The van der Waals surface area contributed by atoms with Gasteiger partial charge in [-0.2, -0.15) is 0 Å². The van der Waals surface area contributed by atoms with Gasteiger partial charge in [0, 0.05) is 39.2 Å². The first-order valence-electron chi connectivity index (χ1n) is 6.18. The van der Waals surface area contributed by atoms with E-state index < -0.39 is 0 Å². The molecule has 0 saturated heterocycles. The van der Waals surface area contributed by atoms with Gasteiger partial charge in [-0.1, -0.05) is 30.3 Å². The van der Waals surface area contributed by atoms with Crippen LogP contribution in [-0.2, 0) is 17.8 Å². The second kappa shape index (κ2) is 6.81. The number of aromatic nitrogens is 2. The van der Waals surface area contributed by atoms with Gasteiger partial charge < -0.3 is 14.6 Å². The third-order valence-electron chi connectivity index (χ3n) is 2.76. The van der Waals surface area contributed by atoms with E-state index in [-0.39, 0.29) is 0 Å². The summed E-state index contributed by atoms with van der Waals surface area (Å²) in [6, 6.07) is 10.3. The first kappa shape index (κ1) is 12.6. The van der Waals surface area contributed by atoms with Crippen molar-refractivity contribution in [1.82, 2.24) is 9.55 Å². The molecular formula is C14H19N3O. The minimum absolute atomic E-state index is 0.774. The molecule has 0 saturated carbocycles. The molecule has 96 valence electrons. The van der Waals surface area contributed by atoms with E-state index in [4.69, 9.17) is 4.74 Å². The molecule has 2 aromatic rings. The normalized spacial score (nSPS) is 10.5. The second-order valence-corrected chi connectivity index (χ2v) is 4.13. The summed E-state index contributed by atoms with van der Waals surface area (Å²) >= 11 is 0. The molecule has 0 aliphatic heterocycles. The van der Waals surface area contributed by atoms with Crippen molar-refractivity contribution in [2.24, 2.45) is 0 Å². The van der Waals surface area contributed by atoms with Crippen molar-refractivity contribution < 1.29 is 4.74 Å². The lowest BCUT2D eigenvalue weighted by molar-refractivity contribution is 0.190. The maximum absolute atomic E-state index is 5.06. The standard InChI is InChI=1S/C14H19N3O/c1-18-11-5-9-17-10-8-15-14(17)16-12-13-6-3-2-4-7-13/h2-4,6-8,10H,5,9,11-12H2,1H3,(H,15,16). The number of aryl methyl sites for hydroxylation is 1. The van der Waals surface area contributed by atoms with Gasteiger partial charge >= 0.3 is 0 Å². The van der Waals surface area contributed by atoms with Gasteiger partial charge in [-0.05, 0) is 12.0 Å². The van der Waals surface area contributed by atoms with Crippen LogP contribution >= 0.6 is 0 Å².